The molecule has 0 spiro atoms. The lowest BCUT2D eigenvalue weighted by atomic mass is 10.4. The minimum Gasteiger partial charge on any atom is -0.422 e. The molecule has 0 aliphatic carbocycles. The predicted molar refractivity (Wildman–Crippen MR) is 159 cm³/mol. The van der Waals surface area contributed by atoms with Crippen molar-refractivity contribution in [2.45, 2.75) is 58.9 Å². The molecule has 0 aliphatic rings. The largest absolute Gasteiger partial charge is 0.467 e. The van der Waals surface area contributed by atoms with Crippen molar-refractivity contribution in [3.05, 3.63) is 60.7 Å². The van der Waals surface area contributed by atoms with E-state index in [1.54, 1.807) is 0 Å². The molecule has 0 aromatic heterocycles. The van der Waals surface area contributed by atoms with E-state index in [2.05, 4.69) is 76.6 Å². The molecule has 6 nitrogen and oxygen atoms in total. The van der Waals surface area contributed by atoms with Gasteiger partial charge in [0.25, 0.3) is 0 Å². The first kappa shape index (κ1) is 29.9. The van der Waals surface area contributed by atoms with Gasteiger partial charge in [-0.15, -0.1) is 0 Å². The lowest BCUT2D eigenvalue weighted by molar-refractivity contribution is 0.229. The molecule has 190 valence electrons. The fourth-order valence-corrected chi connectivity index (χ4v) is 25.7. The van der Waals surface area contributed by atoms with Crippen LogP contribution in [0.5, 0.6) is 0 Å². The van der Waals surface area contributed by atoms with Crippen LogP contribution in [-0.2, 0) is 24.7 Å². The minimum atomic E-state index is -3.30. The van der Waals surface area contributed by atoms with Crippen molar-refractivity contribution in [2.24, 2.45) is 0 Å². The molecular weight excluding hydrogens is 545 g/mol. The third-order valence-corrected chi connectivity index (χ3v) is 24.8. The normalized spacial score (nSPS) is 13.1. The fourth-order valence-electron chi connectivity index (χ4n) is 3.62. The summed E-state index contributed by atoms with van der Waals surface area (Å²) in [5, 5.41) is 2.03. The molecule has 0 N–H and O–H groups in total. The number of hydrogen-bond donors (Lipinski definition) is 0. The second-order valence-electron chi connectivity index (χ2n) is 9.42. The number of benzene rings is 2. The first-order valence-electron chi connectivity index (χ1n) is 12.1. The summed E-state index contributed by atoms with van der Waals surface area (Å²) >= 11 is 0. The molecule has 0 heterocycles. The van der Waals surface area contributed by atoms with Gasteiger partial charge in [-0.25, -0.2) is 0 Å². The molecule has 2 aromatic rings. The van der Waals surface area contributed by atoms with E-state index in [4.69, 9.17) is 24.7 Å². The van der Waals surface area contributed by atoms with Crippen LogP contribution < -0.4 is 10.4 Å². The quantitative estimate of drug-likeness (QED) is 0.317. The molecule has 2 rings (SSSR count). The third kappa shape index (κ3) is 9.30. The van der Waals surface area contributed by atoms with E-state index in [1.165, 1.54) is 0 Å². The Kier molecular flexibility index (Phi) is 12.2. The van der Waals surface area contributed by atoms with Gasteiger partial charge < -0.3 is 24.7 Å². The van der Waals surface area contributed by atoms with Crippen molar-refractivity contribution in [3.8, 4) is 0 Å². The summed E-state index contributed by atoms with van der Waals surface area (Å²) in [6.07, 6.45) is 0. The maximum atomic E-state index is 7.20. The predicted octanol–water partition coefficient (Wildman–Crippen LogP) is 2.56. The van der Waals surface area contributed by atoms with E-state index in [0.29, 0.717) is 0 Å². The minimum absolute atomic E-state index is 1.02. The van der Waals surface area contributed by atoms with Gasteiger partial charge in [-0.3, -0.25) is 0 Å². The highest BCUT2D eigenvalue weighted by atomic mass is 28.5. The molecule has 13 heteroatoms. The van der Waals surface area contributed by atoms with E-state index in [-0.39, 0.29) is 0 Å². The van der Waals surface area contributed by atoms with Gasteiger partial charge in [-0.05, 0) is 62.7 Å². The standard InChI is InChI=1S/C21H42O6Si7/c1-28(2)22-32(23-29(3)4)26-34(20-16-12-10-13-17-20,21-18-14-11-15-19-21)27-33(9,24-30(5)6)25-31(7)8/h10-19,28-32H,1-9H3. The Balaban J connectivity index is 2.72. The molecule has 34 heavy (non-hydrogen) atoms. The highest BCUT2D eigenvalue weighted by Crippen LogP contribution is 2.23. The van der Waals surface area contributed by atoms with E-state index in [0.717, 1.165) is 10.4 Å². The van der Waals surface area contributed by atoms with Crippen molar-refractivity contribution in [2.75, 3.05) is 0 Å². The first-order chi connectivity index (χ1) is 16.0. The molecule has 2 aromatic carbocycles. The Morgan fingerprint density at radius 2 is 0.912 bits per heavy atom. The van der Waals surface area contributed by atoms with Crippen molar-refractivity contribution in [3.63, 3.8) is 0 Å². The number of hydrogen-bond acceptors (Lipinski definition) is 6. The number of rotatable bonds is 14. The van der Waals surface area contributed by atoms with E-state index < -0.39 is 63.1 Å². The molecule has 0 atom stereocenters. The fraction of sp³-hybridized carbons (Fsp3) is 0.429. The molecule has 0 aliphatic heterocycles. The molecular formula is C21H42O6Si7. The van der Waals surface area contributed by atoms with Gasteiger partial charge in [-0.2, -0.15) is 0 Å². The summed E-state index contributed by atoms with van der Waals surface area (Å²) in [7, 11) is -14.5. The summed E-state index contributed by atoms with van der Waals surface area (Å²) in [6.45, 7) is 19.3. The summed E-state index contributed by atoms with van der Waals surface area (Å²) in [4.78, 5) is 0. The Hall–Kier alpha value is -0.282. The zero-order valence-corrected chi connectivity index (χ0v) is 29.9. The highest BCUT2D eigenvalue weighted by Gasteiger charge is 2.53. The van der Waals surface area contributed by atoms with E-state index in [9.17, 15) is 0 Å². The average Bonchev–Trinajstić information content (AvgIpc) is 2.72. The highest BCUT2D eigenvalue weighted by molar-refractivity contribution is 7.00. The Bertz CT molecular complexity index is 783. The molecule has 0 bridgehead atoms. The second kappa shape index (κ2) is 13.9. The summed E-state index contributed by atoms with van der Waals surface area (Å²) in [5.74, 6) is 0. The SMILES string of the molecule is C[SiH](C)O[SiH](O[SiH](C)C)O[Si](O[Si](C)(O[SiH](C)C)O[SiH](C)C)(c1ccccc1)c1ccccc1. The maximum absolute atomic E-state index is 7.20. The van der Waals surface area contributed by atoms with Crippen molar-refractivity contribution < 1.29 is 24.7 Å². The topological polar surface area (TPSA) is 55.4 Å². The van der Waals surface area contributed by atoms with Crippen LogP contribution in [0.25, 0.3) is 0 Å². The van der Waals surface area contributed by atoms with Crippen LogP contribution in [0.2, 0.25) is 58.9 Å². The Labute approximate surface area is 217 Å². The van der Waals surface area contributed by atoms with Crippen LogP contribution in [0, 0.1) is 0 Å². The summed E-state index contributed by atoms with van der Waals surface area (Å²) in [6, 6.07) is 20.6. The Morgan fingerprint density at radius 1 is 0.529 bits per heavy atom. The van der Waals surface area contributed by atoms with Crippen molar-refractivity contribution in [1.82, 2.24) is 0 Å². The smallest absolute Gasteiger partial charge is 0.422 e. The van der Waals surface area contributed by atoms with E-state index in [1.807, 2.05) is 42.9 Å². The molecule has 0 fully saturated rings. The second-order valence-corrected chi connectivity index (χ2v) is 28.3. The average molecular weight is 587 g/mol. The molecule has 0 unspecified atom stereocenters. The van der Waals surface area contributed by atoms with Crippen LogP contribution in [0.3, 0.4) is 0 Å². The summed E-state index contributed by atoms with van der Waals surface area (Å²) < 4.78 is 40.2. The van der Waals surface area contributed by atoms with Gasteiger partial charge in [0.15, 0.2) is 36.2 Å². The first-order valence-corrected chi connectivity index (χ1v) is 28.7. The van der Waals surface area contributed by atoms with Crippen LogP contribution in [0.4, 0.5) is 0 Å². The van der Waals surface area contributed by atoms with Crippen LogP contribution in [0.1, 0.15) is 0 Å². The molecule has 0 amide bonds. The molecule has 0 saturated carbocycles. The molecule has 0 saturated heterocycles. The summed E-state index contributed by atoms with van der Waals surface area (Å²) in [5.41, 5.74) is 0. The van der Waals surface area contributed by atoms with Gasteiger partial charge in [0.2, 0.25) is 0 Å². The Morgan fingerprint density at radius 3 is 1.24 bits per heavy atom. The lowest BCUT2D eigenvalue weighted by Crippen LogP contribution is -2.71. The van der Waals surface area contributed by atoms with Gasteiger partial charge in [-0.1, -0.05) is 60.7 Å². The van der Waals surface area contributed by atoms with Crippen LogP contribution in [-0.4, -0.2) is 63.1 Å². The lowest BCUT2D eigenvalue weighted by Gasteiger charge is -2.42. The van der Waals surface area contributed by atoms with E-state index >= 15 is 0 Å². The molecule has 0 radical (unpaired) electrons. The monoisotopic (exact) mass is 586 g/mol. The zero-order chi connectivity index (χ0) is 25.4. The van der Waals surface area contributed by atoms with Crippen LogP contribution in [0.15, 0.2) is 60.7 Å². The van der Waals surface area contributed by atoms with Gasteiger partial charge in [0.1, 0.15) is 0 Å². The maximum Gasteiger partial charge on any atom is 0.467 e. The third-order valence-electron chi connectivity index (χ3n) is 4.57. The van der Waals surface area contributed by atoms with Crippen molar-refractivity contribution >= 4 is 73.4 Å². The van der Waals surface area contributed by atoms with Crippen LogP contribution >= 0.6 is 0 Å². The zero-order valence-electron chi connectivity index (χ0n) is 22.1. The van der Waals surface area contributed by atoms with Crippen molar-refractivity contribution in [1.29, 1.82) is 0 Å². The van der Waals surface area contributed by atoms with Gasteiger partial charge in [0.05, 0.1) is 0 Å². The van der Waals surface area contributed by atoms with Gasteiger partial charge in [0, 0.05) is 6.55 Å². The van der Waals surface area contributed by atoms with Gasteiger partial charge >= 0.3 is 26.9 Å².